The van der Waals surface area contributed by atoms with Gasteiger partial charge in [0, 0.05) is 24.4 Å². The van der Waals surface area contributed by atoms with Crippen molar-refractivity contribution in [2.24, 2.45) is 0 Å². The Balaban J connectivity index is 0.00000218. The quantitative estimate of drug-likeness (QED) is 0.646. The van der Waals surface area contributed by atoms with Crippen LogP contribution in [0.15, 0.2) is 18.3 Å². The summed E-state index contributed by atoms with van der Waals surface area (Å²) in [5, 5.41) is 18.5. The van der Waals surface area contributed by atoms with E-state index in [9.17, 15) is 0 Å². The molecule has 2 aromatic rings. The number of hydrogen-bond acceptors (Lipinski definition) is 7. The summed E-state index contributed by atoms with van der Waals surface area (Å²) in [6, 6.07) is 4.34. The molecule has 3 unspecified atom stereocenters. The minimum atomic E-state index is 0. The van der Waals surface area contributed by atoms with Gasteiger partial charge < -0.3 is 25.1 Å². The van der Waals surface area contributed by atoms with E-state index in [-0.39, 0.29) is 13.5 Å². The van der Waals surface area contributed by atoms with Crippen LogP contribution in [0.25, 0.3) is 0 Å². The topological polar surface area (TPSA) is 99.1 Å². The fraction of sp³-hybridized carbons (Fsp3) is 0.591. The smallest absolute Gasteiger partial charge is 0.143 e. The normalized spacial score (nSPS) is 28.1. The van der Waals surface area contributed by atoms with Gasteiger partial charge in [-0.25, -0.2) is 4.98 Å². The van der Waals surface area contributed by atoms with Gasteiger partial charge in [0.15, 0.2) is 0 Å². The van der Waals surface area contributed by atoms with E-state index in [2.05, 4.69) is 33.4 Å². The molecular formula is C22H32N6O2. The van der Waals surface area contributed by atoms with Gasteiger partial charge in [0.05, 0.1) is 37.7 Å². The number of morpholine rings is 1. The number of rotatable bonds is 5. The second-order valence-electron chi connectivity index (χ2n) is 8.31. The molecule has 0 aliphatic carbocycles. The van der Waals surface area contributed by atoms with E-state index in [1.807, 2.05) is 6.07 Å². The van der Waals surface area contributed by atoms with Crippen molar-refractivity contribution in [3.05, 3.63) is 29.5 Å². The fourth-order valence-electron chi connectivity index (χ4n) is 4.92. The number of nitrogens with one attached hydrogen (secondary N) is 3. The summed E-state index contributed by atoms with van der Waals surface area (Å²) in [5.74, 6) is 2.81. The average molecular weight is 413 g/mol. The first-order valence-corrected chi connectivity index (χ1v) is 10.5. The molecule has 3 saturated heterocycles. The predicted octanol–water partition coefficient (Wildman–Crippen LogP) is 3.83. The van der Waals surface area contributed by atoms with Gasteiger partial charge in [-0.15, -0.1) is 0 Å². The molecule has 5 rings (SSSR count). The lowest BCUT2D eigenvalue weighted by Gasteiger charge is -2.36. The Morgan fingerprint density at radius 3 is 2.77 bits per heavy atom. The van der Waals surface area contributed by atoms with Crippen LogP contribution in [0.5, 0.6) is 0 Å². The number of aromatic nitrogens is 3. The maximum absolute atomic E-state index is 8.15. The monoisotopic (exact) mass is 412 g/mol. The molecule has 5 heterocycles. The molecule has 3 fully saturated rings. The van der Waals surface area contributed by atoms with E-state index in [4.69, 9.17) is 19.9 Å². The van der Waals surface area contributed by atoms with Crippen molar-refractivity contribution < 1.29 is 9.47 Å². The maximum atomic E-state index is 8.15. The summed E-state index contributed by atoms with van der Waals surface area (Å²) < 4.78 is 11.7. The van der Waals surface area contributed by atoms with Crippen LogP contribution in [0, 0.1) is 5.41 Å². The zero-order chi connectivity index (χ0) is 19.8. The highest BCUT2D eigenvalue weighted by molar-refractivity contribution is 5.89. The van der Waals surface area contributed by atoms with E-state index in [1.165, 1.54) is 11.8 Å². The Kier molecular flexibility index (Phi) is 6.06. The number of ether oxygens (including phenoxy) is 2. The van der Waals surface area contributed by atoms with Crippen molar-refractivity contribution in [3.8, 4) is 0 Å². The summed E-state index contributed by atoms with van der Waals surface area (Å²) in [7, 11) is 0. The number of nitrogens with zero attached hydrogens (tertiary/aromatic N) is 3. The Morgan fingerprint density at radius 2 is 2.10 bits per heavy atom. The molecule has 162 valence electrons. The van der Waals surface area contributed by atoms with Gasteiger partial charge in [-0.05, 0) is 50.2 Å². The standard InChI is InChI=1S/C21H28N6O2.CH4/c1-13-12-28-7-6-27(13)20-10-17(14-8-15-2-3-16(9-14)29-15)18(11-22)21(25-20)24-19-4-5-23-26-19;/h4-5,10-11,13-16,22H,2-3,6-9,12H2,1H3,(H2,23,24,25,26);1H4. The number of hydrogen-bond donors (Lipinski definition) is 3. The Hall–Kier alpha value is -2.45. The van der Waals surface area contributed by atoms with Crippen molar-refractivity contribution in [2.75, 3.05) is 30.0 Å². The minimum absolute atomic E-state index is 0. The van der Waals surface area contributed by atoms with Gasteiger partial charge in [0.1, 0.15) is 17.5 Å². The van der Waals surface area contributed by atoms with Gasteiger partial charge in [-0.3, -0.25) is 5.10 Å². The molecule has 0 aromatic carbocycles. The van der Waals surface area contributed by atoms with Crippen LogP contribution in [-0.2, 0) is 9.47 Å². The zero-order valence-corrected chi connectivity index (χ0v) is 16.7. The second-order valence-corrected chi connectivity index (χ2v) is 8.31. The molecule has 0 saturated carbocycles. The molecule has 30 heavy (non-hydrogen) atoms. The Morgan fingerprint density at radius 1 is 1.30 bits per heavy atom. The summed E-state index contributed by atoms with van der Waals surface area (Å²) in [4.78, 5) is 7.24. The van der Waals surface area contributed by atoms with Crippen molar-refractivity contribution in [2.45, 2.75) is 64.2 Å². The number of fused-ring (bicyclic) bond motifs is 2. The fourth-order valence-corrected chi connectivity index (χ4v) is 4.92. The number of H-pyrrole nitrogens is 1. The first-order valence-electron chi connectivity index (χ1n) is 10.5. The van der Waals surface area contributed by atoms with Crippen molar-refractivity contribution in [3.63, 3.8) is 0 Å². The molecule has 0 radical (unpaired) electrons. The molecule has 3 aliphatic heterocycles. The van der Waals surface area contributed by atoms with Crippen LogP contribution in [0.3, 0.4) is 0 Å². The molecule has 8 nitrogen and oxygen atoms in total. The van der Waals surface area contributed by atoms with Crippen LogP contribution < -0.4 is 10.2 Å². The van der Waals surface area contributed by atoms with Gasteiger partial charge in [-0.1, -0.05) is 7.43 Å². The molecule has 2 bridgehead atoms. The second kappa shape index (κ2) is 8.73. The van der Waals surface area contributed by atoms with E-state index in [1.54, 1.807) is 6.20 Å². The van der Waals surface area contributed by atoms with E-state index in [0.29, 0.717) is 37.2 Å². The van der Waals surface area contributed by atoms with Crippen LogP contribution in [-0.4, -0.2) is 59.4 Å². The van der Waals surface area contributed by atoms with Gasteiger partial charge in [0.25, 0.3) is 0 Å². The predicted molar refractivity (Wildman–Crippen MR) is 118 cm³/mol. The molecule has 3 aliphatic rings. The molecular weight excluding hydrogens is 380 g/mol. The van der Waals surface area contributed by atoms with E-state index < -0.39 is 0 Å². The summed E-state index contributed by atoms with van der Waals surface area (Å²) in [6.07, 6.45) is 8.17. The number of pyridine rings is 1. The van der Waals surface area contributed by atoms with Crippen molar-refractivity contribution in [1.82, 2.24) is 15.2 Å². The molecule has 3 N–H and O–H groups in total. The van der Waals surface area contributed by atoms with Crippen LogP contribution in [0.1, 0.15) is 57.1 Å². The maximum Gasteiger partial charge on any atom is 0.143 e. The zero-order valence-electron chi connectivity index (χ0n) is 16.7. The lowest BCUT2D eigenvalue weighted by Crippen LogP contribution is -2.44. The number of aromatic amines is 1. The third-order valence-electron chi connectivity index (χ3n) is 6.37. The highest BCUT2D eigenvalue weighted by atomic mass is 16.5. The Labute approximate surface area is 177 Å². The average Bonchev–Trinajstić information content (AvgIpc) is 3.36. The SMILES string of the molecule is C.CC1COCCN1c1cc(C2CC3CCC(C2)O3)c(C=N)c(Nc2ccn[nH]2)n1. The molecule has 3 atom stereocenters. The lowest BCUT2D eigenvalue weighted by atomic mass is 9.86. The molecule has 2 aromatic heterocycles. The minimum Gasteiger partial charge on any atom is -0.377 e. The van der Waals surface area contributed by atoms with E-state index >= 15 is 0 Å². The summed E-state index contributed by atoms with van der Waals surface area (Å²) >= 11 is 0. The van der Waals surface area contributed by atoms with Crippen molar-refractivity contribution in [1.29, 1.82) is 5.41 Å². The van der Waals surface area contributed by atoms with Crippen molar-refractivity contribution >= 4 is 23.7 Å². The Bertz CT molecular complexity index is 859. The largest absolute Gasteiger partial charge is 0.377 e. The highest BCUT2D eigenvalue weighted by Gasteiger charge is 2.37. The number of anilines is 3. The van der Waals surface area contributed by atoms with Gasteiger partial charge in [-0.2, -0.15) is 5.10 Å². The molecule has 0 amide bonds. The summed E-state index contributed by atoms with van der Waals surface area (Å²) in [5.41, 5.74) is 2.06. The molecule has 8 heteroatoms. The van der Waals surface area contributed by atoms with Crippen LogP contribution >= 0.6 is 0 Å². The summed E-state index contributed by atoms with van der Waals surface area (Å²) in [6.45, 7) is 4.40. The molecule has 0 spiro atoms. The first kappa shape index (κ1) is 20.8. The first-order chi connectivity index (χ1) is 14.2. The van der Waals surface area contributed by atoms with Crippen LogP contribution in [0.2, 0.25) is 0 Å². The lowest BCUT2D eigenvalue weighted by molar-refractivity contribution is -0.00381. The van der Waals surface area contributed by atoms with Crippen LogP contribution in [0.4, 0.5) is 17.5 Å². The highest BCUT2D eigenvalue weighted by Crippen LogP contribution is 2.43. The van der Waals surface area contributed by atoms with Gasteiger partial charge >= 0.3 is 0 Å². The third-order valence-corrected chi connectivity index (χ3v) is 6.37. The van der Waals surface area contributed by atoms with Gasteiger partial charge in [0.2, 0.25) is 0 Å². The third kappa shape index (κ3) is 3.94. The van der Waals surface area contributed by atoms with E-state index in [0.717, 1.165) is 49.4 Å².